The van der Waals surface area contributed by atoms with Crippen LogP contribution in [0.5, 0.6) is 0 Å². The van der Waals surface area contributed by atoms with Gasteiger partial charge in [0.15, 0.2) is 0 Å². The molecule has 0 aliphatic carbocycles. The average molecular weight is 290 g/mol. The molecule has 2 aromatic heterocycles. The van der Waals surface area contributed by atoms with Crippen LogP contribution in [-0.4, -0.2) is 40.0 Å². The summed E-state index contributed by atoms with van der Waals surface area (Å²) in [6, 6.07) is 4.14. The van der Waals surface area contributed by atoms with E-state index in [4.69, 9.17) is 0 Å². The Bertz CT molecular complexity index is 564. The number of carbonyl (C=O) groups excluding carboxylic acids is 1. The summed E-state index contributed by atoms with van der Waals surface area (Å²) in [6.07, 6.45) is 4.72. The lowest BCUT2D eigenvalue weighted by molar-refractivity contribution is -0.122. The van der Waals surface area contributed by atoms with Gasteiger partial charge in [-0.3, -0.25) is 9.69 Å². The fourth-order valence-electron chi connectivity index (χ4n) is 2.40. The fourth-order valence-corrected chi connectivity index (χ4v) is 3.11. The van der Waals surface area contributed by atoms with Crippen LogP contribution in [0.2, 0.25) is 0 Å². The Hall–Kier alpha value is -1.66. The molecule has 0 bridgehead atoms. The van der Waals surface area contributed by atoms with Crippen molar-refractivity contribution in [1.29, 1.82) is 0 Å². The van der Waals surface area contributed by atoms with Gasteiger partial charge in [-0.15, -0.1) is 11.3 Å². The first-order valence-corrected chi connectivity index (χ1v) is 7.71. The molecule has 5 nitrogen and oxygen atoms in total. The van der Waals surface area contributed by atoms with Crippen molar-refractivity contribution in [2.45, 2.75) is 19.5 Å². The van der Waals surface area contributed by atoms with Crippen molar-refractivity contribution in [3.63, 3.8) is 0 Å². The first kappa shape index (κ1) is 13.3. The van der Waals surface area contributed by atoms with E-state index in [1.165, 1.54) is 4.88 Å². The van der Waals surface area contributed by atoms with E-state index < -0.39 is 0 Å². The van der Waals surface area contributed by atoms with E-state index in [1.807, 2.05) is 18.5 Å². The summed E-state index contributed by atoms with van der Waals surface area (Å²) in [5.74, 6) is 1.14. The molecule has 2 aromatic rings. The van der Waals surface area contributed by atoms with Crippen molar-refractivity contribution < 1.29 is 4.79 Å². The fraction of sp³-hybridized carbons (Fsp3) is 0.429. The van der Waals surface area contributed by atoms with Gasteiger partial charge in [-0.1, -0.05) is 6.07 Å². The van der Waals surface area contributed by atoms with E-state index in [0.29, 0.717) is 13.1 Å². The van der Waals surface area contributed by atoms with Gasteiger partial charge in [-0.2, -0.15) is 0 Å². The van der Waals surface area contributed by atoms with Gasteiger partial charge in [-0.05, 0) is 17.9 Å². The average Bonchev–Trinajstić information content (AvgIpc) is 3.08. The highest BCUT2D eigenvalue weighted by atomic mass is 32.1. The van der Waals surface area contributed by atoms with E-state index in [1.54, 1.807) is 11.3 Å². The molecule has 1 aliphatic rings. The molecule has 3 rings (SSSR count). The highest BCUT2D eigenvalue weighted by Crippen LogP contribution is 2.10. The number of nitrogens with zero attached hydrogens (tertiary/aromatic N) is 3. The van der Waals surface area contributed by atoms with Crippen LogP contribution < -0.4 is 5.32 Å². The third-order valence-electron chi connectivity index (χ3n) is 3.46. The maximum absolute atomic E-state index is 11.9. The number of fused-ring (bicyclic) bond motifs is 1. The second-order valence-electron chi connectivity index (χ2n) is 4.93. The lowest BCUT2D eigenvalue weighted by Crippen LogP contribution is -2.41. The van der Waals surface area contributed by atoms with Crippen LogP contribution in [0.1, 0.15) is 10.7 Å². The molecule has 0 saturated carbocycles. The number of imidazole rings is 1. The summed E-state index contributed by atoms with van der Waals surface area (Å²) >= 11 is 1.73. The summed E-state index contributed by atoms with van der Waals surface area (Å²) < 4.78 is 2.14. The van der Waals surface area contributed by atoms with Crippen molar-refractivity contribution in [2.24, 2.45) is 0 Å². The summed E-state index contributed by atoms with van der Waals surface area (Å²) in [7, 11) is 0. The third-order valence-corrected chi connectivity index (χ3v) is 4.40. The van der Waals surface area contributed by atoms with Crippen molar-refractivity contribution in [3.05, 3.63) is 40.6 Å². The topological polar surface area (TPSA) is 50.2 Å². The number of amides is 1. The number of thiophene rings is 1. The van der Waals surface area contributed by atoms with Crippen molar-refractivity contribution in [3.8, 4) is 0 Å². The monoisotopic (exact) mass is 290 g/mol. The zero-order chi connectivity index (χ0) is 13.8. The molecule has 20 heavy (non-hydrogen) atoms. The quantitative estimate of drug-likeness (QED) is 0.898. The van der Waals surface area contributed by atoms with Crippen LogP contribution in [-0.2, 0) is 24.3 Å². The first-order valence-electron chi connectivity index (χ1n) is 6.83. The van der Waals surface area contributed by atoms with Gasteiger partial charge in [0.2, 0.25) is 5.91 Å². The molecular weight excluding hydrogens is 272 g/mol. The standard InChI is InChI=1S/C14H18N4OS/c19-14(16-4-3-12-2-1-9-20-12)11-17-7-8-18-6-5-15-13(18)10-17/h1-2,5-6,9H,3-4,7-8,10-11H2,(H,16,19). The maximum Gasteiger partial charge on any atom is 0.234 e. The normalized spacial score (nSPS) is 15.0. The van der Waals surface area contributed by atoms with E-state index in [2.05, 4.69) is 31.2 Å². The molecule has 0 spiro atoms. The predicted molar refractivity (Wildman–Crippen MR) is 78.5 cm³/mol. The molecule has 0 unspecified atom stereocenters. The summed E-state index contributed by atoms with van der Waals surface area (Å²) in [6.45, 7) is 3.74. The zero-order valence-electron chi connectivity index (χ0n) is 11.3. The number of hydrogen-bond acceptors (Lipinski definition) is 4. The van der Waals surface area contributed by atoms with Gasteiger partial charge in [0.05, 0.1) is 13.1 Å². The molecule has 0 aromatic carbocycles. The van der Waals surface area contributed by atoms with Gasteiger partial charge in [0, 0.05) is 36.9 Å². The largest absolute Gasteiger partial charge is 0.355 e. The maximum atomic E-state index is 11.9. The number of rotatable bonds is 5. The minimum Gasteiger partial charge on any atom is -0.355 e. The second kappa shape index (κ2) is 6.19. The molecule has 1 amide bonds. The lowest BCUT2D eigenvalue weighted by atomic mass is 10.3. The summed E-state index contributed by atoms with van der Waals surface area (Å²) in [5, 5.41) is 5.05. The molecule has 0 radical (unpaired) electrons. The molecule has 106 valence electrons. The van der Waals surface area contributed by atoms with Gasteiger partial charge in [0.1, 0.15) is 5.82 Å². The number of aromatic nitrogens is 2. The van der Waals surface area contributed by atoms with Crippen LogP contribution in [0.3, 0.4) is 0 Å². The Morgan fingerprint density at radius 3 is 3.25 bits per heavy atom. The zero-order valence-corrected chi connectivity index (χ0v) is 12.1. The highest BCUT2D eigenvalue weighted by molar-refractivity contribution is 7.09. The van der Waals surface area contributed by atoms with Crippen molar-refractivity contribution >= 4 is 17.2 Å². The Labute approximate surface area is 122 Å². The smallest absolute Gasteiger partial charge is 0.234 e. The van der Waals surface area contributed by atoms with Gasteiger partial charge < -0.3 is 9.88 Å². The van der Waals surface area contributed by atoms with Crippen LogP contribution in [0.15, 0.2) is 29.9 Å². The number of nitrogens with one attached hydrogen (secondary N) is 1. The number of hydrogen-bond donors (Lipinski definition) is 1. The van der Waals surface area contributed by atoms with E-state index in [0.717, 1.165) is 31.9 Å². The van der Waals surface area contributed by atoms with E-state index in [-0.39, 0.29) is 5.91 Å². The van der Waals surface area contributed by atoms with Crippen molar-refractivity contribution in [2.75, 3.05) is 19.6 Å². The Kier molecular flexibility index (Phi) is 4.13. The Morgan fingerprint density at radius 1 is 1.45 bits per heavy atom. The van der Waals surface area contributed by atoms with Crippen LogP contribution >= 0.6 is 11.3 Å². The molecule has 1 N–H and O–H groups in total. The first-order chi connectivity index (χ1) is 9.81. The molecule has 3 heterocycles. The van der Waals surface area contributed by atoms with Crippen LogP contribution in [0.4, 0.5) is 0 Å². The summed E-state index contributed by atoms with van der Waals surface area (Å²) in [4.78, 5) is 19.7. The van der Waals surface area contributed by atoms with Crippen LogP contribution in [0, 0.1) is 0 Å². The third kappa shape index (κ3) is 3.26. The van der Waals surface area contributed by atoms with Crippen LogP contribution in [0.25, 0.3) is 0 Å². The molecule has 1 aliphatic heterocycles. The van der Waals surface area contributed by atoms with Gasteiger partial charge in [0.25, 0.3) is 0 Å². The minimum absolute atomic E-state index is 0.0987. The molecule has 0 atom stereocenters. The molecule has 6 heteroatoms. The Morgan fingerprint density at radius 2 is 2.40 bits per heavy atom. The number of carbonyl (C=O) groups is 1. The SMILES string of the molecule is O=C(CN1CCn2ccnc2C1)NCCc1cccs1. The molecular formula is C14H18N4OS. The predicted octanol–water partition coefficient (Wildman–Crippen LogP) is 1.12. The minimum atomic E-state index is 0.0987. The van der Waals surface area contributed by atoms with Gasteiger partial charge in [-0.25, -0.2) is 4.98 Å². The van der Waals surface area contributed by atoms with E-state index >= 15 is 0 Å². The lowest BCUT2D eigenvalue weighted by Gasteiger charge is -2.26. The molecule has 0 saturated heterocycles. The van der Waals surface area contributed by atoms with E-state index in [9.17, 15) is 4.79 Å². The Balaban J connectivity index is 1.41. The van der Waals surface area contributed by atoms with Gasteiger partial charge >= 0.3 is 0 Å². The second-order valence-corrected chi connectivity index (χ2v) is 5.96. The highest BCUT2D eigenvalue weighted by Gasteiger charge is 2.18. The molecule has 0 fully saturated rings. The van der Waals surface area contributed by atoms with Crippen molar-refractivity contribution in [1.82, 2.24) is 19.8 Å². The summed E-state index contributed by atoms with van der Waals surface area (Å²) in [5.41, 5.74) is 0.